The standard InChI is InChI=1S/C12H20N4O/c1-2-11(13-5-1)10-3-6-16(7-4-10)8-12-14-9-15-17-12/h9-11,13H,1-8H2. The van der Waals surface area contributed by atoms with Crippen LogP contribution in [0.5, 0.6) is 0 Å². The first-order valence-corrected chi connectivity index (χ1v) is 6.63. The zero-order valence-electron chi connectivity index (χ0n) is 10.1. The van der Waals surface area contributed by atoms with Crippen molar-refractivity contribution < 1.29 is 4.52 Å². The first kappa shape index (κ1) is 11.2. The van der Waals surface area contributed by atoms with Crippen molar-refractivity contribution in [2.75, 3.05) is 19.6 Å². The van der Waals surface area contributed by atoms with Crippen molar-refractivity contribution in [3.05, 3.63) is 12.2 Å². The topological polar surface area (TPSA) is 54.2 Å². The Morgan fingerprint density at radius 1 is 1.35 bits per heavy atom. The van der Waals surface area contributed by atoms with Gasteiger partial charge < -0.3 is 9.84 Å². The van der Waals surface area contributed by atoms with Crippen molar-refractivity contribution in [1.82, 2.24) is 20.4 Å². The Labute approximate surface area is 102 Å². The molecular formula is C12H20N4O. The van der Waals surface area contributed by atoms with Gasteiger partial charge in [-0.3, -0.25) is 4.90 Å². The van der Waals surface area contributed by atoms with E-state index in [1.165, 1.54) is 38.6 Å². The number of likely N-dealkylation sites (tertiary alicyclic amines) is 1. The van der Waals surface area contributed by atoms with Crippen LogP contribution in [0.2, 0.25) is 0 Å². The first-order valence-electron chi connectivity index (χ1n) is 6.63. The van der Waals surface area contributed by atoms with Crippen LogP contribution in [0.25, 0.3) is 0 Å². The Morgan fingerprint density at radius 2 is 2.24 bits per heavy atom. The minimum Gasteiger partial charge on any atom is -0.338 e. The Bertz CT molecular complexity index is 326. The van der Waals surface area contributed by atoms with E-state index in [1.54, 1.807) is 0 Å². The molecule has 2 fully saturated rings. The van der Waals surface area contributed by atoms with Gasteiger partial charge in [-0.05, 0) is 51.2 Å². The molecule has 0 radical (unpaired) electrons. The van der Waals surface area contributed by atoms with Gasteiger partial charge in [-0.1, -0.05) is 5.16 Å². The van der Waals surface area contributed by atoms with E-state index >= 15 is 0 Å². The van der Waals surface area contributed by atoms with Crippen molar-refractivity contribution in [3.63, 3.8) is 0 Å². The molecule has 2 saturated heterocycles. The van der Waals surface area contributed by atoms with Gasteiger partial charge >= 0.3 is 0 Å². The first-order chi connectivity index (χ1) is 8.42. The van der Waals surface area contributed by atoms with Gasteiger partial charge in [0.1, 0.15) is 0 Å². The summed E-state index contributed by atoms with van der Waals surface area (Å²) in [7, 11) is 0. The van der Waals surface area contributed by atoms with E-state index in [1.807, 2.05) is 0 Å². The summed E-state index contributed by atoms with van der Waals surface area (Å²) in [6.45, 7) is 4.34. The maximum atomic E-state index is 5.05. The van der Waals surface area contributed by atoms with Gasteiger partial charge in [0.15, 0.2) is 6.33 Å². The molecule has 3 heterocycles. The Hall–Kier alpha value is -0.940. The van der Waals surface area contributed by atoms with E-state index in [2.05, 4.69) is 20.4 Å². The highest BCUT2D eigenvalue weighted by molar-refractivity contribution is 4.86. The van der Waals surface area contributed by atoms with Gasteiger partial charge in [0.25, 0.3) is 0 Å². The summed E-state index contributed by atoms with van der Waals surface area (Å²) in [4.78, 5) is 6.49. The summed E-state index contributed by atoms with van der Waals surface area (Å²) in [6, 6.07) is 0.778. The van der Waals surface area contributed by atoms with Gasteiger partial charge in [-0.2, -0.15) is 4.98 Å². The fourth-order valence-corrected chi connectivity index (χ4v) is 3.08. The highest BCUT2D eigenvalue weighted by Crippen LogP contribution is 2.26. The van der Waals surface area contributed by atoms with Crippen LogP contribution in [0.15, 0.2) is 10.9 Å². The van der Waals surface area contributed by atoms with E-state index < -0.39 is 0 Å². The van der Waals surface area contributed by atoms with Crippen LogP contribution in [0.4, 0.5) is 0 Å². The summed E-state index contributed by atoms with van der Waals surface area (Å²) in [5.41, 5.74) is 0. The molecule has 2 aliphatic heterocycles. The second kappa shape index (κ2) is 5.14. The number of aromatic nitrogens is 2. The molecule has 5 nitrogen and oxygen atoms in total. The fourth-order valence-electron chi connectivity index (χ4n) is 3.08. The van der Waals surface area contributed by atoms with Crippen molar-refractivity contribution in [1.29, 1.82) is 0 Å². The van der Waals surface area contributed by atoms with Crippen LogP contribution in [0, 0.1) is 5.92 Å². The van der Waals surface area contributed by atoms with Crippen molar-refractivity contribution >= 4 is 0 Å². The molecule has 0 aromatic carbocycles. The molecule has 1 N–H and O–H groups in total. The van der Waals surface area contributed by atoms with Crippen LogP contribution in [0.1, 0.15) is 31.6 Å². The molecule has 0 aliphatic carbocycles. The molecule has 2 aliphatic rings. The number of nitrogens with one attached hydrogen (secondary N) is 1. The van der Waals surface area contributed by atoms with Gasteiger partial charge in [-0.25, -0.2) is 0 Å². The lowest BCUT2D eigenvalue weighted by Crippen LogP contribution is -2.40. The number of hydrogen-bond donors (Lipinski definition) is 1. The molecule has 1 unspecified atom stereocenters. The van der Waals surface area contributed by atoms with E-state index in [0.29, 0.717) is 0 Å². The monoisotopic (exact) mass is 236 g/mol. The van der Waals surface area contributed by atoms with Gasteiger partial charge in [-0.15, -0.1) is 0 Å². The molecule has 0 spiro atoms. The van der Waals surface area contributed by atoms with Crippen molar-refractivity contribution in [3.8, 4) is 0 Å². The molecule has 1 atom stereocenters. The molecule has 1 aromatic rings. The second-order valence-corrected chi connectivity index (χ2v) is 5.15. The molecule has 94 valence electrons. The number of hydrogen-bond acceptors (Lipinski definition) is 5. The van der Waals surface area contributed by atoms with E-state index in [9.17, 15) is 0 Å². The SMILES string of the molecule is c1noc(CN2CCC(C3CCCN3)CC2)n1. The molecule has 5 heteroatoms. The van der Waals surface area contributed by atoms with E-state index in [4.69, 9.17) is 4.52 Å². The van der Waals surface area contributed by atoms with Crippen LogP contribution in [-0.2, 0) is 6.54 Å². The Morgan fingerprint density at radius 3 is 2.88 bits per heavy atom. The van der Waals surface area contributed by atoms with Gasteiger partial charge in [0.05, 0.1) is 6.54 Å². The predicted molar refractivity (Wildman–Crippen MR) is 63.3 cm³/mol. The second-order valence-electron chi connectivity index (χ2n) is 5.15. The highest BCUT2D eigenvalue weighted by Gasteiger charge is 2.28. The van der Waals surface area contributed by atoms with Crippen LogP contribution in [0.3, 0.4) is 0 Å². The van der Waals surface area contributed by atoms with Crippen molar-refractivity contribution in [2.24, 2.45) is 5.92 Å². The third kappa shape index (κ3) is 2.66. The average molecular weight is 236 g/mol. The zero-order valence-corrected chi connectivity index (χ0v) is 10.1. The van der Waals surface area contributed by atoms with Crippen LogP contribution < -0.4 is 5.32 Å². The predicted octanol–water partition coefficient (Wildman–Crippen LogP) is 1.03. The summed E-state index contributed by atoms with van der Waals surface area (Å²) >= 11 is 0. The molecule has 1 aromatic heterocycles. The van der Waals surface area contributed by atoms with E-state index in [-0.39, 0.29) is 0 Å². The van der Waals surface area contributed by atoms with Crippen LogP contribution >= 0.6 is 0 Å². The summed E-state index contributed by atoms with van der Waals surface area (Å²) in [6.07, 6.45) is 6.79. The third-order valence-electron chi connectivity index (χ3n) is 4.07. The summed E-state index contributed by atoms with van der Waals surface area (Å²) in [5.74, 6) is 1.61. The number of rotatable bonds is 3. The van der Waals surface area contributed by atoms with Gasteiger partial charge in [0, 0.05) is 6.04 Å². The molecule has 0 amide bonds. The average Bonchev–Trinajstić information content (AvgIpc) is 3.01. The third-order valence-corrected chi connectivity index (χ3v) is 4.07. The Kier molecular flexibility index (Phi) is 3.38. The maximum absolute atomic E-state index is 5.05. The highest BCUT2D eigenvalue weighted by atomic mass is 16.5. The smallest absolute Gasteiger partial charge is 0.240 e. The normalized spacial score (nSPS) is 27.6. The zero-order chi connectivity index (χ0) is 11.5. The number of piperidine rings is 1. The quantitative estimate of drug-likeness (QED) is 0.849. The van der Waals surface area contributed by atoms with Crippen molar-refractivity contribution in [2.45, 2.75) is 38.3 Å². The van der Waals surface area contributed by atoms with E-state index in [0.717, 1.165) is 37.5 Å². The number of nitrogens with zero attached hydrogens (tertiary/aromatic N) is 3. The largest absolute Gasteiger partial charge is 0.338 e. The fraction of sp³-hybridized carbons (Fsp3) is 0.833. The minimum atomic E-state index is 0.738. The lowest BCUT2D eigenvalue weighted by atomic mass is 9.88. The molecule has 0 bridgehead atoms. The molecule has 0 saturated carbocycles. The maximum Gasteiger partial charge on any atom is 0.240 e. The molecular weight excluding hydrogens is 216 g/mol. The lowest BCUT2D eigenvalue weighted by Gasteiger charge is -2.34. The molecule has 17 heavy (non-hydrogen) atoms. The Balaban J connectivity index is 1.47. The summed E-state index contributed by atoms with van der Waals surface area (Å²) < 4.78 is 5.05. The molecule has 3 rings (SSSR count). The lowest BCUT2D eigenvalue weighted by molar-refractivity contribution is 0.143. The van der Waals surface area contributed by atoms with Crippen LogP contribution in [-0.4, -0.2) is 40.7 Å². The minimum absolute atomic E-state index is 0.738. The van der Waals surface area contributed by atoms with Gasteiger partial charge in [0.2, 0.25) is 5.89 Å². The summed E-state index contributed by atoms with van der Waals surface area (Å²) in [5, 5.41) is 7.27.